The number of methoxy groups -OCH3 is 1. The molecule has 36 heavy (non-hydrogen) atoms. The zero-order valence-electron chi connectivity index (χ0n) is 21.2. The molecule has 1 aliphatic heterocycles. The van der Waals surface area contributed by atoms with Gasteiger partial charge in [0.15, 0.2) is 0 Å². The molecule has 0 fully saturated rings. The predicted molar refractivity (Wildman–Crippen MR) is 134 cm³/mol. The number of amides is 3. The molecule has 8 nitrogen and oxygen atoms in total. The van der Waals surface area contributed by atoms with E-state index in [0.717, 1.165) is 17.7 Å². The number of nitrogens with zero attached hydrogens (tertiary/aromatic N) is 1. The lowest BCUT2D eigenvalue weighted by Crippen LogP contribution is -2.57. The number of hydrogen-bond acceptors (Lipinski definition) is 4. The summed E-state index contributed by atoms with van der Waals surface area (Å²) in [5, 5.41) is 14.4. The first-order valence-electron chi connectivity index (χ1n) is 11.4. The molecular weight excluding hydrogens is 488 g/mol. The van der Waals surface area contributed by atoms with Gasteiger partial charge in [-0.25, -0.2) is 18.4 Å². The Morgan fingerprint density at radius 3 is 2.25 bits per heavy atom. The van der Waals surface area contributed by atoms with Crippen LogP contribution in [-0.4, -0.2) is 55.2 Å². The fraction of sp³-hybridized carbons (Fsp3) is 0.400. The third-order valence-electron chi connectivity index (χ3n) is 6.10. The quantitative estimate of drug-likeness (QED) is 0.505. The summed E-state index contributed by atoms with van der Waals surface area (Å²) in [5.41, 5.74) is -0.397. The summed E-state index contributed by atoms with van der Waals surface area (Å²) in [7, 11) is -0.806. The molecule has 1 unspecified atom stereocenters. The maximum atomic E-state index is 14.8. The van der Waals surface area contributed by atoms with Gasteiger partial charge in [-0.15, -0.1) is 0 Å². The van der Waals surface area contributed by atoms with Crippen molar-refractivity contribution in [3.05, 3.63) is 53.1 Å². The molecule has 0 aliphatic carbocycles. The molecule has 3 rings (SSSR count). The van der Waals surface area contributed by atoms with E-state index in [1.807, 2.05) is 19.6 Å². The van der Waals surface area contributed by atoms with Crippen LogP contribution in [0.4, 0.5) is 19.3 Å². The van der Waals surface area contributed by atoms with Gasteiger partial charge in [0.1, 0.15) is 29.0 Å². The number of aliphatic carboxylic acids is 1. The predicted octanol–water partition coefficient (Wildman–Crippen LogP) is 3.63. The molecule has 0 saturated heterocycles. The van der Waals surface area contributed by atoms with Gasteiger partial charge in [0.2, 0.25) is 0 Å². The van der Waals surface area contributed by atoms with Crippen LogP contribution < -0.4 is 20.6 Å². The molecule has 0 saturated carbocycles. The largest absolute Gasteiger partial charge is 0.497 e. The smallest absolute Gasteiger partial charge is 0.328 e. The average molecular weight is 520 g/mol. The Labute approximate surface area is 209 Å². The second-order valence-electron chi connectivity index (χ2n) is 10.3. The molecule has 2 aromatic carbocycles. The van der Waals surface area contributed by atoms with Gasteiger partial charge in [0, 0.05) is 17.4 Å². The number of carboxylic acids is 1. The molecule has 3 amide bonds. The first-order chi connectivity index (χ1) is 16.7. The highest BCUT2D eigenvalue weighted by Crippen LogP contribution is 2.33. The van der Waals surface area contributed by atoms with Crippen LogP contribution in [0.25, 0.3) is 0 Å². The van der Waals surface area contributed by atoms with Gasteiger partial charge in [0.05, 0.1) is 15.2 Å². The number of anilines is 1. The number of ether oxygens (including phenoxy) is 1. The van der Waals surface area contributed by atoms with Crippen molar-refractivity contribution >= 4 is 36.9 Å². The fourth-order valence-corrected chi connectivity index (χ4v) is 5.77. The van der Waals surface area contributed by atoms with Crippen LogP contribution in [0, 0.1) is 11.6 Å². The highest BCUT2D eigenvalue weighted by molar-refractivity contribution is 6.88. The minimum Gasteiger partial charge on any atom is -0.497 e. The summed E-state index contributed by atoms with van der Waals surface area (Å²) >= 11 is 0. The molecule has 194 valence electrons. The van der Waals surface area contributed by atoms with Crippen LogP contribution in [0.1, 0.15) is 31.0 Å². The van der Waals surface area contributed by atoms with E-state index in [9.17, 15) is 28.3 Å². The zero-order valence-corrected chi connectivity index (χ0v) is 22.2. The topological polar surface area (TPSA) is 108 Å². The average Bonchev–Trinajstić information content (AvgIpc) is 2.75. The summed E-state index contributed by atoms with van der Waals surface area (Å²) in [5.74, 6) is -2.84. The van der Waals surface area contributed by atoms with Gasteiger partial charge >= 0.3 is 12.0 Å². The number of carbonyl (C=O) groups excluding carboxylic acids is 2. The standard InChI is InChI=1S/C25H31F2N3O5Si/c1-25(2,23(32)33)29-24(34)30-10-9-14-11-16(35-3)7-8-17(14)20(30)22(31)28-15-12-18(26)21(19(27)13-15)36(4,5)6/h7-8,11-13,20H,9-10H2,1-6H3,(H,28,31)(H,29,34)(H,32,33). The van der Waals surface area contributed by atoms with Crippen LogP contribution in [0.2, 0.25) is 19.6 Å². The van der Waals surface area contributed by atoms with E-state index in [-0.39, 0.29) is 17.4 Å². The minimum absolute atomic E-state index is 0.0347. The van der Waals surface area contributed by atoms with Crippen molar-refractivity contribution in [2.75, 3.05) is 19.0 Å². The lowest BCUT2D eigenvalue weighted by molar-refractivity contribution is -0.143. The van der Waals surface area contributed by atoms with E-state index in [1.165, 1.54) is 25.9 Å². The lowest BCUT2D eigenvalue weighted by Gasteiger charge is -2.38. The van der Waals surface area contributed by atoms with E-state index < -0.39 is 49.2 Å². The summed E-state index contributed by atoms with van der Waals surface area (Å²) in [6, 6.07) is 5.27. The summed E-state index contributed by atoms with van der Waals surface area (Å²) in [4.78, 5) is 39.4. The Morgan fingerprint density at radius 1 is 1.11 bits per heavy atom. The van der Waals surface area contributed by atoms with Crippen molar-refractivity contribution in [1.82, 2.24) is 10.2 Å². The summed E-state index contributed by atoms with van der Waals surface area (Å²) in [6.07, 6.45) is 0.394. The molecule has 0 radical (unpaired) electrons. The van der Waals surface area contributed by atoms with Gasteiger partial charge in [-0.1, -0.05) is 25.7 Å². The zero-order chi connectivity index (χ0) is 27.0. The van der Waals surface area contributed by atoms with E-state index in [0.29, 0.717) is 17.7 Å². The maximum Gasteiger partial charge on any atom is 0.328 e. The minimum atomic E-state index is -2.32. The third-order valence-corrected chi connectivity index (χ3v) is 8.08. The van der Waals surface area contributed by atoms with E-state index in [4.69, 9.17) is 4.74 Å². The fourth-order valence-electron chi connectivity index (χ4n) is 4.20. The number of hydrogen-bond donors (Lipinski definition) is 3. The molecule has 0 bridgehead atoms. The van der Waals surface area contributed by atoms with E-state index >= 15 is 0 Å². The van der Waals surface area contributed by atoms with E-state index in [2.05, 4.69) is 10.6 Å². The first kappa shape index (κ1) is 27.1. The van der Waals surface area contributed by atoms with Gasteiger partial charge in [-0.3, -0.25) is 4.79 Å². The van der Waals surface area contributed by atoms with Crippen molar-refractivity contribution in [3.8, 4) is 5.75 Å². The van der Waals surface area contributed by atoms with Crippen LogP contribution in [0.15, 0.2) is 30.3 Å². The van der Waals surface area contributed by atoms with Crippen molar-refractivity contribution < 1.29 is 33.0 Å². The van der Waals surface area contributed by atoms with Gasteiger partial charge < -0.3 is 25.4 Å². The van der Waals surface area contributed by atoms with Crippen LogP contribution in [0.3, 0.4) is 0 Å². The second-order valence-corrected chi connectivity index (χ2v) is 15.3. The van der Waals surface area contributed by atoms with Crippen LogP contribution in [0.5, 0.6) is 5.75 Å². The van der Waals surface area contributed by atoms with Crippen molar-refractivity contribution in [2.45, 2.75) is 51.5 Å². The number of fused-ring (bicyclic) bond motifs is 1. The molecule has 1 aliphatic rings. The molecule has 0 spiro atoms. The monoisotopic (exact) mass is 519 g/mol. The third kappa shape index (κ3) is 5.51. The summed E-state index contributed by atoms with van der Waals surface area (Å²) in [6.45, 7) is 8.21. The maximum absolute atomic E-state index is 14.8. The second kappa shape index (κ2) is 9.88. The number of nitrogens with one attached hydrogen (secondary N) is 2. The van der Waals surface area contributed by atoms with E-state index in [1.54, 1.807) is 18.2 Å². The molecule has 1 heterocycles. The highest BCUT2D eigenvalue weighted by atomic mass is 28.3. The molecular formula is C25H31F2N3O5Si. The van der Waals surface area contributed by atoms with Crippen molar-refractivity contribution in [1.29, 1.82) is 0 Å². The number of halogens is 2. The molecule has 0 aromatic heterocycles. The lowest BCUT2D eigenvalue weighted by atomic mass is 9.91. The summed E-state index contributed by atoms with van der Waals surface area (Å²) < 4.78 is 34.8. The first-order valence-corrected chi connectivity index (χ1v) is 14.9. The van der Waals surface area contributed by atoms with Crippen molar-refractivity contribution in [2.24, 2.45) is 0 Å². The Hall–Kier alpha value is -3.47. The van der Waals surface area contributed by atoms with Crippen LogP contribution >= 0.6 is 0 Å². The Bertz CT molecular complexity index is 1190. The van der Waals surface area contributed by atoms with Gasteiger partial charge in [0.25, 0.3) is 5.91 Å². The number of carboxylic acid groups (broad SMARTS) is 1. The normalized spacial score (nSPS) is 15.7. The number of benzene rings is 2. The number of urea groups is 1. The molecule has 2 aromatic rings. The number of carbonyl (C=O) groups is 3. The van der Waals surface area contributed by atoms with Crippen molar-refractivity contribution in [3.63, 3.8) is 0 Å². The highest BCUT2D eigenvalue weighted by Gasteiger charge is 2.39. The Balaban J connectivity index is 2.00. The molecule has 1 atom stereocenters. The van der Waals surface area contributed by atoms with Gasteiger partial charge in [-0.2, -0.15) is 0 Å². The molecule has 11 heteroatoms. The molecule has 3 N–H and O–H groups in total. The Kier molecular flexibility index (Phi) is 7.44. The van der Waals surface area contributed by atoms with Crippen LogP contribution in [-0.2, 0) is 16.0 Å². The number of rotatable bonds is 6. The SMILES string of the molecule is COc1ccc2c(c1)CCN(C(=O)NC(C)(C)C(=O)O)C2C(=O)Nc1cc(F)c([Si](C)(C)C)c(F)c1. The van der Waals surface area contributed by atoms with Gasteiger partial charge in [-0.05, 0) is 55.7 Å². The Morgan fingerprint density at radius 2 is 1.72 bits per heavy atom.